The lowest BCUT2D eigenvalue weighted by Gasteiger charge is -2.31. The summed E-state index contributed by atoms with van der Waals surface area (Å²) in [6.45, 7) is 2.26. The number of ether oxygens (including phenoxy) is 1. The largest absolute Gasteiger partial charge is 0.507 e. The Morgan fingerprint density at radius 3 is 2.83 bits per heavy atom. The van der Waals surface area contributed by atoms with E-state index in [4.69, 9.17) is 9.72 Å². The molecule has 0 amide bonds. The Bertz CT molecular complexity index is 1280. The van der Waals surface area contributed by atoms with Crippen LogP contribution in [0.4, 0.5) is 0 Å². The number of aromatic hydroxyl groups is 1. The number of quaternary nitrogens is 1. The van der Waals surface area contributed by atoms with Crippen LogP contribution in [0.15, 0.2) is 29.1 Å². The zero-order valence-corrected chi connectivity index (χ0v) is 15.9. The molecule has 8 heteroatoms. The van der Waals surface area contributed by atoms with E-state index in [1.807, 2.05) is 6.07 Å². The van der Waals surface area contributed by atoms with Gasteiger partial charge >= 0.3 is 5.97 Å². The van der Waals surface area contributed by atoms with Gasteiger partial charge in [0.25, 0.3) is 5.56 Å². The number of aliphatic hydroxyl groups is 1. The monoisotopic (exact) mass is 394 g/mol. The molecule has 0 spiro atoms. The van der Waals surface area contributed by atoms with Crippen molar-refractivity contribution in [1.82, 2.24) is 9.55 Å². The number of esters is 1. The fraction of sp³-hybridized carbons (Fsp3) is 0.286. The maximum atomic E-state index is 13.1. The van der Waals surface area contributed by atoms with Crippen LogP contribution in [-0.4, -0.2) is 25.7 Å². The Morgan fingerprint density at radius 1 is 1.31 bits per heavy atom. The number of hydrogen-bond acceptors (Lipinski definition) is 6. The van der Waals surface area contributed by atoms with Gasteiger partial charge in [0, 0.05) is 16.5 Å². The van der Waals surface area contributed by atoms with Crippen LogP contribution in [0.1, 0.15) is 35.6 Å². The average Bonchev–Trinajstić information content (AvgIpc) is 3.08. The van der Waals surface area contributed by atoms with Gasteiger partial charge in [0.15, 0.2) is 5.60 Å². The average molecular weight is 394 g/mol. The molecular formula is C21H20N3O5+. The van der Waals surface area contributed by atoms with E-state index in [2.05, 4.69) is 5.73 Å². The van der Waals surface area contributed by atoms with Gasteiger partial charge in [0.05, 0.1) is 34.6 Å². The second-order valence-corrected chi connectivity index (χ2v) is 7.48. The third-order valence-electron chi connectivity index (χ3n) is 6.03. The van der Waals surface area contributed by atoms with Crippen molar-refractivity contribution in [2.45, 2.75) is 38.6 Å². The summed E-state index contributed by atoms with van der Waals surface area (Å²) in [4.78, 5) is 30.1. The number of pyridine rings is 2. The highest BCUT2D eigenvalue weighted by Crippen LogP contribution is 2.39. The standard InChI is InChI=1S/C21H19N3O5/c1-2-21(28)14-6-16-18-10(8-24(16)19(26)13(14)9-29-20(21)27)5-11-12(7-22)17(25)4-3-15(11)23-18/h3-6,25,28H,2,7-9,22H2,1H3/p+1. The lowest BCUT2D eigenvalue weighted by Crippen LogP contribution is -2.47. The van der Waals surface area contributed by atoms with E-state index >= 15 is 0 Å². The molecule has 5 N–H and O–H groups in total. The van der Waals surface area contributed by atoms with E-state index in [0.29, 0.717) is 46.7 Å². The van der Waals surface area contributed by atoms with Gasteiger partial charge in [-0.2, -0.15) is 0 Å². The number of nitrogens with zero attached hydrogens (tertiary/aromatic N) is 2. The molecule has 2 aromatic heterocycles. The molecule has 1 unspecified atom stereocenters. The molecule has 29 heavy (non-hydrogen) atoms. The third-order valence-corrected chi connectivity index (χ3v) is 6.03. The number of fused-ring (bicyclic) bond motifs is 5. The number of phenols is 1. The van der Waals surface area contributed by atoms with Crippen LogP contribution in [-0.2, 0) is 34.8 Å². The lowest BCUT2D eigenvalue weighted by atomic mass is 9.86. The summed E-state index contributed by atoms with van der Waals surface area (Å²) in [5, 5.41) is 21.8. The van der Waals surface area contributed by atoms with Crippen LogP contribution in [0.3, 0.4) is 0 Å². The van der Waals surface area contributed by atoms with Gasteiger partial charge in [-0.3, -0.25) is 4.79 Å². The number of phenolic OH excluding ortho intramolecular Hbond substituents is 1. The second kappa shape index (κ2) is 5.88. The molecule has 0 saturated carbocycles. The van der Waals surface area contributed by atoms with E-state index in [0.717, 1.165) is 10.9 Å². The number of benzene rings is 1. The SMILES string of the molecule is CCC1(O)C(=O)OCc2c1cc1n(c2=O)Cc2cc3c(C[NH3+])c(O)ccc3nc2-1. The maximum Gasteiger partial charge on any atom is 0.343 e. The van der Waals surface area contributed by atoms with Gasteiger partial charge < -0.3 is 25.3 Å². The minimum absolute atomic E-state index is 0.103. The van der Waals surface area contributed by atoms with Crippen molar-refractivity contribution < 1.29 is 25.5 Å². The molecule has 2 aliphatic rings. The molecule has 0 bridgehead atoms. The Morgan fingerprint density at radius 2 is 2.10 bits per heavy atom. The summed E-state index contributed by atoms with van der Waals surface area (Å²) in [6.07, 6.45) is 0.103. The van der Waals surface area contributed by atoms with E-state index < -0.39 is 11.6 Å². The van der Waals surface area contributed by atoms with Gasteiger partial charge in [-0.15, -0.1) is 0 Å². The summed E-state index contributed by atoms with van der Waals surface area (Å²) < 4.78 is 6.67. The molecule has 4 heterocycles. The molecule has 0 saturated heterocycles. The van der Waals surface area contributed by atoms with E-state index in [-0.39, 0.29) is 24.3 Å². The zero-order chi connectivity index (χ0) is 20.5. The van der Waals surface area contributed by atoms with Crippen molar-refractivity contribution >= 4 is 16.9 Å². The molecule has 1 atom stereocenters. The first-order chi connectivity index (χ1) is 13.9. The first-order valence-corrected chi connectivity index (χ1v) is 9.50. The van der Waals surface area contributed by atoms with Crippen LogP contribution in [0.5, 0.6) is 5.75 Å². The number of aromatic nitrogens is 2. The summed E-state index contributed by atoms with van der Waals surface area (Å²) in [5.74, 6) is -0.571. The van der Waals surface area contributed by atoms with Crippen molar-refractivity contribution in [1.29, 1.82) is 0 Å². The molecule has 0 aliphatic carbocycles. The Kier molecular flexibility index (Phi) is 3.62. The highest BCUT2D eigenvalue weighted by molar-refractivity contribution is 5.89. The second-order valence-electron chi connectivity index (χ2n) is 7.48. The first kappa shape index (κ1) is 17.8. The summed E-state index contributed by atoms with van der Waals surface area (Å²) in [7, 11) is 0. The maximum absolute atomic E-state index is 13.1. The Hall–Kier alpha value is -3.23. The Balaban J connectivity index is 1.79. The summed E-state index contributed by atoms with van der Waals surface area (Å²) >= 11 is 0. The van der Waals surface area contributed by atoms with Gasteiger partial charge in [-0.05, 0) is 30.7 Å². The van der Waals surface area contributed by atoms with Crippen LogP contribution in [0.2, 0.25) is 0 Å². The first-order valence-electron chi connectivity index (χ1n) is 9.50. The number of hydrogen-bond donors (Lipinski definition) is 3. The predicted octanol–water partition coefficient (Wildman–Crippen LogP) is 0.527. The van der Waals surface area contributed by atoms with Crippen LogP contribution in [0.25, 0.3) is 22.3 Å². The van der Waals surface area contributed by atoms with E-state index in [1.54, 1.807) is 29.7 Å². The molecule has 0 radical (unpaired) electrons. The van der Waals surface area contributed by atoms with Gasteiger partial charge in [-0.25, -0.2) is 9.78 Å². The van der Waals surface area contributed by atoms with Gasteiger partial charge in [-0.1, -0.05) is 6.92 Å². The molecule has 1 aromatic carbocycles. The minimum atomic E-state index is -1.84. The van der Waals surface area contributed by atoms with Crippen molar-refractivity contribution in [3.05, 3.63) is 56.9 Å². The molecule has 148 valence electrons. The fourth-order valence-corrected chi connectivity index (χ4v) is 4.36. The fourth-order valence-electron chi connectivity index (χ4n) is 4.36. The Labute approximate surface area is 165 Å². The molecule has 3 aromatic rings. The molecule has 8 nitrogen and oxygen atoms in total. The number of cyclic esters (lactones) is 1. The molecule has 2 aliphatic heterocycles. The zero-order valence-electron chi connectivity index (χ0n) is 15.9. The van der Waals surface area contributed by atoms with Crippen molar-refractivity contribution in [2.75, 3.05) is 0 Å². The van der Waals surface area contributed by atoms with E-state index in [1.165, 1.54) is 0 Å². The van der Waals surface area contributed by atoms with Crippen LogP contribution < -0.4 is 11.3 Å². The molecule has 0 fully saturated rings. The minimum Gasteiger partial charge on any atom is -0.507 e. The number of rotatable bonds is 2. The highest BCUT2D eigenvalue weighted by atomic mass is 16.6. The molecule has 5 rings (SSSR count). The molecular weight excluding hydrogens is 374 g/mol. The number of carbonyl (C=O) groups excluding carboxylic acids is 1. The van der Waals surface area contributed by atoms with Gasteiger partial charge in [0.2, 0.25) is 0 Å². The normalized spacial score (nSPS) is 19.6. The lowest BCUT2D eigenvalue weighted by molar-refractivity contribution is -0.386. The van der Waals surface area contributed by atoms with Crippen molar-refractivity contribution in [2.24, 2.45) is 0 Å². The predicted molar refractivity (Wildman–Crippen MR) is 103 cm³/mol. The highest BCUT2D eigenvalue weighted by Gasteiger charge is 2.45. The quantitative estimate of drug-likeness (QED) is 0.425. The van der Waals surface area contributed by atoms with Gasteiger partial charge in [0.1, 0.15) is 18.9 Å². The summed E-state index contributed by atoms with van der Waals surface area (Å²) in [5.41, 5.74) is 5.78. The summed E-state index contributed by atoms with van der Waals surface area (Å²) in [6, 6.07) is 6.93. The smallest absolute Gasteiger partial charge is 0.343 e. The van der Waals surface area contributed by atoms with Crippen molar-refractivity contribution in [3.63, 3.8) is 0 Å². The van der Waals surface area contributed by atoms with E-state index in [9.17, 15) is 19.8 Å². The van der Waals surface area contributed by atoms with Crippen LogP contribution >= 0.6 is 0 Å². The van der Waals surface area contributed by atoms with Crippen LogP contribution in [0, 0.1) is 0 Å². The topological polar surface area (TPSA) is 129 Å². The van der Waals surface area contributed by atoms with Crippen molar-refractivity contribution in [3.8, 4) is 17.1 Å². The third kappa shape index (κ3) is 2.24. The number of carbonyl (C=O) groups is 1.